The average molecular weight is 641 g/mol. The van der Waals surface area contributed by atoms with E-state index in [1.807, 2.05) is 6.07 Å². The van der Waals surface area contributed by atoms with Crippen LogP contribution in [0.2, 0.25) is 5.02 Å². The second kappa shape index (κ2) is 12.5. The van der Waals surface area contributed by atoms with Crippen molar-refractivity contribution in [2.24, 2.45) is 4.99 Å². The second-order valence-corrected chi connectivity index (χ2v) is 10.9. The molecule has 0 unspecified atom stereocenters. The molecular formula is C34H26ClFN4O6. The summed E-state index contributed by atoms with van der Waals surface area (Å²) in [5.41, 5.74) is 1.84. The molecule has 4 heterocycles. The van der Waals surface area contributed by atoms with Crippen molar-refractivity contribution in [1.82, 2.24) is 9.55 Å². The van der Waals surface area contributed by atoms with E-state index in [1.54, 1.807) is 36.5 Å². The molecule has 0 saturated heterocycles. The number of hydrogen-bond acceptors (Lipinski definition) is 8. The highest BCUT2D eigenvalue weighted by Crippen LogP contribution is 2.48. The zero-order valence-corrected chi connectivity index (χ0v) is 25.1. The molecule has 0 bridgehead atoms. The zero-order valence-electron chi connectivity index (χ0n) is 24.3. The molecule has 1 amide bonds. The van der Waals surface area contributed by atoms with Crippen LogP contribution in [0.3, 0.4) is 0 Å². The summed E-state index contributed by atoms with van der Waals surface area (Å²) in [7, 11) is 0. The number of aliphatic imine (C=N–C) groups is 1. The van der Waals surface area contributed by atoms with Crippen molar-refractivity contribution in [3.8, 4) is 34.4 Å². The molecule has 46 heavy (non-hydrogen) atoms. The molecule has 7 rings (SSSR count). The van der Waals surface area contributed by atoms with Gasteiger partial charge in [-0.3, -0.25) is 24.1 Å². The Bertz CT molecular complexity index is 2060. The third-order valence-corrected chi connectivity index (χ3v) is 7.72. The summed E-state index contributed by atoms with van der Waals surface area (Å²) < 4.78 is 38.9. The van der Waals surface area contributed by atoms with E-state index in [0.717, 1.165) is 19.4 Å². The lowest BCUT2D eigenvalue weighted by atomic mass is 10.1. The number of rotatable bonds is 10. The maximum Gasteiger partial charge on any atom is 0.267 e. The molecule has 12 heteroatoms. The quantitative estimate of drug-likeness (QED) is 0.171. The number of fused-ring (bicyclic) bond motifs is 3. The molecule has 2 aromatic heterocycles. The highest BCUT2D eigenvalue weighted by molar-refractivity contribution is 6.34. The first-order valence-electron chi connectivity index (χ1n) is 14.6. The van der Waals surface area contributed by atoms with Gasteiger partial charge >= 0.3 is 0 Å². The van der Waals surface area contributed by atoms with Gasteiger partial charge in [0.1, 0.15) is 36.1 Å². The Morgan fingerprint density at radius 2 is 1.83 bits per heavy atom. The van der Waals surface area contributed by atoms with Gasteiger partial charge in [-0.1, -0.05) is 11.6 Å². The second-order valence-electron chi connectivity index (χ2n) is 10.5. The summed E-state index contributed by atoms with van der Waals surface area (Å²) in [6.07, 6.45) is 4.89. The molecule has 0 aliphatic carbocycles. The van der Waals surface area contributed by atoms with E-state index in [4.69, 9.17) is 30.5 Å². The summed E-state index contributed by atoms with van der Waals surface area (Å²) in [5.74, 6) is 1.30. The van der Waals surface area contributed by atoms with Gasteiger partial charge in [0.25, 0.3) is 11.5 Å². The number of hydrogen-bond donors (Lipinski definition) is 1. The van der Waals surface area contributed by atoms with Gasteiger partial charge in [0.05, 0.1) is 34.8 Å². The van der Waals surface area contributed by atoms with Crippen LogP contribution in [0.25, 0.3) is 16.6 Å². The standard InChI is InChI=1S/C34H26ClFN4O6/c35-25-17-23(9-10-26(25)39-33(41)24-4-1-13-40(34(24)42)22-7-5-20(36)6-8-22)46-28-11-12-37-27-18-29(43-14-2-3-21-19-38-21)31-32(30(27)28)45-16-15-44-31/h1,4-13,17-18H,2-3,14-16,19H2,(H,39,41). The summed E-state index contributed by atoms with van der Waals surface area (Å²) in [6, 6.07) is 16.6. The van der Waals surface area contributed by atoms with Gasteiger partial charge in [-0.05, 0) is 67.4 Å². The van der Waals surface area contributed by atoms with E-state index in [-0.39, 0.29) is 16.3 Å². The van der Waals surface area contributed by atoms with Crippen molar-refractivity contribution >= 4 is 39.8 Å². The fraction of sp³-hybridized carbons (Fsp3) is 0.176. The number of nitrogens with one attached hydrogen (secondary N) is 1. The van der Waals surface area contributed by atoms with Crippen LogP contribution in [0.5, 0.6) is 28.7 Å². The minimum absolute atomic E-state index is 0.112. The van der Waals surface area contributed by atoms with Crippen LogP contribution in [0.15, 0.2) is 88.9 Å². The van der Waals surface area contributed by atoms with E-state index in [1.165, 1.54) is 46.8 Å². The number of amides is 1. The topological polar surface area (TPSA) is 113 Å². The Labute approximate surface area is 267 Å². The molecular weight excluding hydrogens is 615 g/mol. The van der Waals surface area contributed by atoms with E-state index in [9.17, 15) is 14.0 Å². The minimum Gasteiger partial charge on any atom is -0.489 e. The zero-order chi connectivity index (χ0) is 31.6. The maximum atomic E-state index is 13.4. The molecule has 1 N–H and O–H groups in total. The van der Waals surface area contributed by atoms with Crippen LogP contribution >= 0.6 is 11.6 Å². The van der Waals surface area contributed by atoms with Crippen LogP contribution in [0.1, 0.15) is 23.2 Å². The van der Waals surface area contributed by atoms with E-state index >= 15 is 0 Å². The molecule has 0 spiro atoms. The Balaban J connectivity index is 1.11. The fourth-order valence-corrected chi connectivity index (χ4v) is 5.31. The van der Waals surface area contributed by atoms with Crippen molar-refractivity contribution in [2.75, 3.05) is 31.7 Å². The smallest absolute Gasteiger partial charge is 0.267 e. The molecule has 2 aliphatic rings. The SMILES string of the molecule is O=C(Nc1ccc(Oc2ccnc3cc(OCCCC4=NC4)c4c(c23)OCCO4)cc1Cl)c1cccn(-c2ccc(F)cc2)c1=O. The third-order valence-electron chi connectivity index (χ3n) is 7.41. The number of halogens is 2. The number of benzene rings is 3. The lowest BCUT2D eigenvalue weighted by Gasteiger charge is -2.23. The Morgan fingerprint density at radius 3 is 2.61 bits per heavy atom. The first kappa shape index (κ1) is 29.3. The molecule has 5 aromatic rings. The predicted molar refractivity (Wildman–Crippen MR) is 171 cm³/mol. The van der Waals surface area contributed by atoms with Gasteiger partial charge in [-0.2, -0.15) is 0 Å². The summed E-state index contributed by atoms with van der Waals surface area (Å²) >= 11 is 6.55. The number of pyridine rings is 2. The Hall–Kier alpha value is -5.42. The van der Waals surface area contributed by atoms with Crippen LogP contribution in [0, 0.1) is 5.82 Å². The van der Waals surface area contributed by atoms with Gasteiger partial charge in [-0.15, -0.1) is 0 Å². The summed E-state index contributed by atoms with van der Waals surface area (Å²) in [6.45, 7) is 2.10. The summed E-state index contributed by atoms with van der Waals surface area (Å²) in [5, 5.41) is 3.49. The lowest BCUT2D eigenvalue weighted by molar-refractivity contribution is 0.102. The number of carbonyl (C=O) groups excluding carboxylic acids is 1. The Kier molecular flexibility index (Phi) is 7.98. The fourth-order valence-electron chi connectivity index (χ4n) is 5.09. The number of nitrogens with zero attached hydrogens (tertiary/aromatic N) is 3. The van der Waals surface area contributed by atoms with Crippen LogP contribution in [-0.4, -0.2) is 47.5 Å². The third kappa shape index (κ3) is 6.09. The first-order chi connectivity index (χ1) is 22.4. The maximum absolute atomic E-state index is 13.4. The molecule has 2 aliphatic heterocycles. The number of carbonyl (C=O) groups is 1. The van der Waals surface area contributed by atoms with Gasteiger partial charge in [0, 0.05) is 35.9 Å². The van der Waals surface area contributed by atoms with Crippen LogP contribution in [0.4, 0.5) is 10.1 Å². The van der Waals surface area contributed by atoms with Crippen molar-refractivity contribution in [3.63, 3.8) is 0 Å². The van der Waals surface area contributed by atoms with Gasteiger partial charge in [0.2, 0.25) is 5.75 Å². The van der Waals surface area contributed by atoms with Crippen molar-refractivity contribution < 1.29 is 28.1 Å². The molecule has 232 valence electrons. The van der Waals surface area contributed by atoms with E-state index in [0.29, 0.717) is 65.2 Å². The number of anilines is 1. The molecule has 3 aromatic carbocycles. The highest BCUT2D eigenvalue weighted by atomic mass is 35.5. The van der Waals surface area contributed by atoms with Crippen LogP contribution < -0.4 is 29.8 Å². The summed E-state index contributed by atoms with van der Waals surface area (Å²) in [4.78, 5) is 34.9. The minimum atomic E-state index is -0.653. The van der Waals surface area contributed by atoms with E-state index < -0.39 is 17.3 Å². The van der Waals surface area contributed by atoms with Crippen molar-refractivity contribution in [3.05, 3.63) is 106 Å². The van der Waals surface area contributed by atoms with Gasteiger partial charge in [-0.25, -0.2) is 4.39 Å². The molecule has 0 radical (unpaired) electrons. The molecule has 0 atom stereocenters. The largest absolute Gasteiger partial charge is 0.489 e. The van der Waals surface area contributed by atoms with Crippen molar-refractivity contribution in [1.29, 1.82) is 0 Å². The first-order valence-corrected chi connectivity index (χ1v) is 14.9. The molecule has 0 fully saturated rings. The number of aromatic nitrogens is 2. The predicted octanol–water partition coefficient (Wildman–Crippen LogP) is 6.61. The average Bonchev–Trinajstić information content (AvgIpc) is 3.89. The monoisotopic (exact) mass is 640 g/mol. The normalized spacial score (nSPS) is 13.2. The van der Waals surface area contributed by atoms with E-state index in [2.05, 4.69) is 15.3 Å². The van der Waals surface area contributed by atoms with Crippen molar-refractivity contribution in [2.45, 2.75) is 12.8 Å². The lowest BCUT2D eigenvalue weighted by Crippen LogP contribution is -2.27. The molecule has 0 saturated carbocycles. The highest BCUT2D eigenvalue weighted by Gasteiger charge is 2.25. The van der Waals surface area contributed by atoms with Gasteiger partial charge < -0.3 is 24.3 Å². The van der Waals surface area contributed by atoms with Crippen LogP contribution in [-0.2, 0) is 0 Å². The van der Waals surface area contributed by atoms with Gasteiger partial charge in [0.15, 0.2) is 11.5 Å². The number of ether oxygens (including phenoxy) is 4. The Morgan fingerprint density at radius 1 is 1.02 bits per heavy atom. The molecule has 10 nitrogen and oxygen atoms in total.